The number of amides is 1. The zero-order chi connectivity index (χ0) is 13.8. The van der Waals surface area contributed by atoms with Crippen LogP contribution in [-0.2, 0) is 0 Å². The number of rotatable bonds is 3. The van der Waals surface area contributed by atoms with Gasteiger partial charge in [-0.3, -0.25) is 4.79 Å². The first-order chi connectivity index (χ1) is 9.13. The molecule has 1 saturated heterocycles. The average molecular weight is 300 g/mol. The van der Waals surface area contributed by atoms with Gasteiger partial charge < -0.3 is 4.90 Å². The van der Waals surface area contributed by atoms with Crippen LogP contribution in [0.4, 0.5) is 0 Å². The molecule has 0 radical (unpaired) electrons. The molecular formula is C15H19Cl2NO. The van der Waals surface area contributed by atoms with Crippen LogP contribution >= 0.6 is 23.2 Å². The summed E-state index contributed by atoms with van der Waals surface area (Å²) < 4.78 is 0. The Balaban J connectivity index is 2.12. The van der Waals surface area contributed by atoms with E-state index in [-0.39, 0.29) is 5.91 Å². The molecule has 0 aliphatic carbocycles. The van der Waals surface area contributed by atoms with Gasteiger partial charge in [0.2, 0.25) is 0 Å². The number of hydrogen-bond donors (Lipinski definition) is 0. The van der Waals surface area contributed by atoms with E-state index in [2.05, 4.69) is 0 Å². The lowest BCUT2D eigenvalue weighted by molar-refractivity contribution is 0.0671. The van der Waals surface area contributed by atoms with Crippen LogP contribution in [-0.4, -0.2) is 29.8 Å². The highest BCUT2D eigenvalue weighted by atomic mass is 35.5. The monoisotopic (exact) mass is 299 g/mol. The molecule has 19 heavy (non-hydrogen) atoms. The minimum absolute atomic E-state index is 0.0965. The molecule has 1 aliphatic rings. The van der Waals surface area contributed by atoms with E-state index in [9.17, 15) is 4.79 Å². The second kappa shape index (κ2) is 6.62. The van der Waals surface area contributed by atoms with E-state index >= 15 is 0 Å². The summed E-state index contributed by atoms with van der Waals surface area (Å²) in [6.45, 7) is 3.55. The molecule has 1 fully saturated rings. The van der Waals surface area contributed by atoms with Crippen molar-refractivity contribution in [3.05, 3.63) is 34.3 Å². The fourth-order valence-corrected chi connectivity index (χ4v) is 3.13. The van der Waals surface area contributed by atoms with E-state index in [4.69, 9.17) is 23.2 Å². The quantitative estimate of drug-likeness (QED) is 0.769. The van der Waals surface area contributed by atoms with Crippen molar-refractivity contribution >= 4 is 29.1 Å². The minimum atomic E-state index is 0.0965. The van der Waals surface area contributed by atoms with E-state index in [0.717, 1.165) is 37.1 Å². The van der Waals surface area contributed by atoms with E-state index in [1.54, 1.807) is 0 Å². The van der Waals surface area contributed by atoms with Crippen molar-refractivity contribution in [2.75, 3.05) is 19.0 Å². The Labute approximate surface area is 124 Å². The Hall–Kier alpha value is -0.730. The van der Waals surface area contributed by atoms with Gasteiger partial charge in [0.05, 0.1) is 0 Å². The molecule has 0 N–H and O–H groups in total. The zero-order valence-corrected chi connectivity index (χ0v) is 12.7. The van der Waals surface area contributed by atoms with Gasteiger partial charge in [-0.25, -0.2) is 0 Å². The smallest absolute Gasteiger partial charge is 0.254 e. The Kier molecular flexibility index (Phi) is 5.12. The third-order valence-electron chi connectivity index (χ3n) is 3.82. The molecule has 0 saturated carbocycles. The highest BCUT2D eigenvalue weighted by Crippen LogP contribution is 2.24. The minimum Gasteiger partial charge on any atom is -0.338 e. The van der Waals surface area contributed by atoms with Crippen molar-refractivity contribution < 1.29 is 4.79 Å². The van der Waals surface area contributed by atoms with Gasteiger partial charge in [0, 0.05) is 29.6 Å². The van der Waals surface area contributed by atoms with Crippen molar-refractivity contribution in [1.29, 1.82) is 0 Å². The van der Waals surface area contributed by atoms with Gasteiger partial charge in [-0.1, -0.05) is 17.7 Å². The molecule has 1 aromatic carbocycles. The number of benzene rings is 1. The van der Waals surface area contributed by atoms with Crippen LogP contribution in [0.3, 0.4) is 0 Å². The summed E-state index contributed by atoms with van der Waals surface area (Å²) in [4.78, 5) is 14.5. The van der Waals surface area contributed by atoms with Gasteiger partial charge in [-0.2, -0.15) is 0 Å². The van der Waals surface area contributed by atoms with E-state index in [0.29, 0.717) is 16.8 Å². The fraction of sp³-hybridized carbons (Fsp3) is 0.533. The zero-order valence-electron chi connectivity index (χ0n) is 11.2. The lowest BCUT2D eigenvalue weighted by atomic mass is 9.94. The number of hydrogen-bond acceptors (Lipinski definition) is 1. The van der Waals surface area contributed by atoms with Crippen LogP contribution in [0.15, 0.2) is 18.2 Å². The Morgan fingerprint density at radius 1 is 1.47 bits per heavy atom. The summed E-state index contributed by atoms with van der Waals surface area (Å²) in [5.74, 6) is 1.30. The molecular weight excluding hydrogens is 281 g/mol. The molecule has 1 unspecified atom stereocenters. The maximum Gasteiger partial charge on any atom is 0.254 e. The number of likely N-dealkylation sites (tertiary alicyclic amines) is 1. The van der Waals surface area contributed by atoms with Crippen LogP contribution in [0.1, 0.15) is 35.2 Å². The first kappa shape index (κ1) is 14.7. The molecule has 4 heteroatoms. The van der Waals surface area contributed by atoms with Crippen molar-refractivity contribution in [1.82, 2.24) is 4.90 Å². The summed E-state index contributed by atoms with van der Waals surface area (Å²) in [6, 6.07) is 5.51. The average Bonchev–Trinajstić information content (AvgIpc) is 2.42. The fourth-order valence-electron chi connectivity index (χ4n) is 2.65. The number of piperidine rings is 1. The van der Waals surface area contributed by atoms with Gasteiger partial charge in [0.15, 0.2) is 0 Å². The normalized spacial score (nSPS) is 19.5. The summed E-state index contributed by atoms with van der Waals surface area (Å²) in [7, 11) is 0. The summed E-state index contributed by atoms with van der Waals surface area (Å²) in [6.07, 6.45) is 3.22. The van der Waals surface area contributed by atoms with Gasteiger partial charge in [0.25, 0.3) is 5.91 Å². The van der Waals surface area contributed by atoms with E-state index in [1.807, 2.05) is 30.0 Å². The molecule has 1 aliphatic heterocycles. The van der Waals surface area contributed by atoms with E-state index < -0.39 is 0 Å². The summed E-state index contributed by atoms with van der Waals surface area (Å²) in [5.41, 5.74) is 1.59. The summed E-state index contributed by atoms with van der Waals surface area (Å²) >= 11 is 11.9. The number of halogens is 2. The number of carbonyl (C=O) groups excluding carboxylic acids is 1. The first-order valence-corrected chi connectivity index (χ1v) is 7.65. The van der Waals surface area contributed by atoms with Gasteiger partial charge in [-0.15, -0.1) is 11.6 Å². The van der Waals surface area contributed by atoms with Gasteiger partial charge >= 0.3 is 0 Å². The molecule has 1 atom stereocenters. The van der Waals surface area contributed by atoms with Crippen LogP contribution in [0.5, 0.6) is 0 Å². The predicted octanol–water partition coefficient (Wildman–Crippen LogP) is 4.13. The van der Waals surface area contributed by atoms with Crippen LogP contribution < -0.4 is 0 Å². The van der Waals surface area contributed by atoms with Crippen molar-refractivity contribution in [2.24, 2.45) is 5.92 Å². The van der Waals surface area contributed by atoms with Crippen LogP contribution in [0, 0.1) is 12.8 Å². The molecule has 0 spiro atoms. The molecule has 1 aromatic rings. The first-order valence-electron chi connectivity index (χ1n) is 6.74. The third-order valence-corrected chi connectivity index (χ3v) is 4.45. The highest BCUT2D eigenvalue weighted by Gasteiger charge is 2.25. The second-order valence-corrected chi connectivity index (χ2v) is 5.93. The summed E-state index contributed by atoms with van der Waals surface area (Å²) in [5, 5.41) is 0.653. The number of alkyl halides is 1. The van der Waals surface area contributed by atoms with E-state index in [1.165, 1.54) is 6.42 Å². The maximum absolute atomic E-state index is 12.6. The lowest BCUT2D eigenvalue weighted by Gasteiger charge is -2.33. The Morgan fingerprint density at radius 2 is 2.26 bits per heavy atom. The SMILES string of the molecule is Cc1c(Cl)cccc1C(=O)N1CCCC(CCCl)C1. The molecule has 1 heterocycles. The number of carbonyl (C=O) groups is 1. The maximum atomic E-state index is 12.6. The standard InChI is InChI=1S/C15H19Cl2NO/c1-11-13(5-2-6-14(11)17)15(19)18-9-3-4-12(10-18)7-8-16/h2,5-6,12H,3-4,7-10H2,1H3. The second-order valence-electron chi connectivity index (χ2n) is 5.15. The molecule has 2 nitrogen and oxygen atoms in total. The van der Waals surface area contributed by atoms with Gasteiger partial charge in [-0.05, 0) is 49.8 Å². The topological polar surface area (TPSA) is 20.3 Å². The molecule has 0 aromatic heterocycles. The van der Waals surface area contributed by atoms with Crippen molar-refractivity contribution in [3.63, 3.8) is 0 Å². The third kappa shape index (κ3) is 3.43. The van der Waals surface area contributed by atoms with Crippen molar-refractivity contribution in [2.45, 2.75) is 26.2 Å². The lowest BCUT2D eigenvalue weighted by Crippen LogP contribution is -2.40. The Morgan fingerprint density at radius 3 is 3.00 bits per heavy atom. The predicted molar refractivity (Wildman–Crippen MR) is 80.2 cm³/mol. The highest BCUT2D eigenvalue weighted by molar-refractivity contribution is 6.31. The molecule has 1 amide bonds. The van der Waals surface area contributed by atoms with Crippen LogP contribution in [0.25, 0.3) is 0 Å². The largest absolute Gasteiger partial charge is 0.338 e. The molecule has 0 bridgehead atoms. The number of nitrogens with zero attached hydrogens (tertiary/aromatic N) is 1. The Bertz CT molecular complexity index is 459. The van der Waals surface area contributed by atoms with Gasteiger partial charge in [0.1, 0.15) is 0 Å². The molecule has 104 valence electrons. The van der Waals surface area contributed by atoms with Crippen LogP contribution in [0.2, 0.25) is 5.02 Å². The van der Waals surface area contributed by atoms with Crippen molar-refractivity contribution in [3.8, 4) is 0 Å². The molecule has 2 rings (SSSR count).